The molecule has 0 spiro atoms. The third-order valence-electron chi connectivity index (χ3n) is 4.41. The summed E-state index contributed by atoms with van der Waals surface area (Å²) in [5.74, 6) is 2.42. The second-order valence-corrected chi connectivity index (χ2v) is 6.33. The highest BCUT2D eigenvalue weighted by atomic mass is 16.5. The average molecular weight is 289 g/mol. The van der Waals surface area contributed by atoms with Crippen molar-refractivity contribution in [2.24, 2.45) is 5.41 Å². The molecule has 5 heteroatoms. The Morgan fingerprint density at radius 3 is 2.57 bits per heavy atom. The molecule has 0 aliphatic carbocycles. The molecule has 0 radical (unpaired) electrons. The van der Waals surface area contributed by atoms with Crippen LogP contribution in [0, 0.1) is 5.41 Å². The number of aromatic nitrogens is 2. The van der Waals surface area contributed by atoms with E-state index in [1.54, 1.807) is 14.2 Å². The molecule has 1 saturated heterocycles. The van der Waals surface area contributed by atoms with Gasteiger partial charge < -0.3 is 19.8 Å². The maximum Gasteiger partial charge on any atom is 0.163 e. The smallest absolute Gasteiger partial charge is 0.163 e. The molecule has 0 saturated carbocycles. The van der Waals surface area contributed by atoms with Crippen LogP contribution < -0.4 is 14.8 Å². The molecule has 2 N–H and O–H groups in total. The highest BCUT2D eigenvalue weighted by Gasteiger charge is 2.35. The minimum Gasteiger partial charge on any atom is -0.493 e. The molecular weight excluding hydrogens is 266 g/mol. The predicted octanol–water partition coefficient (Wildman–Crippen LogP) is 3.03. The first-order valence-electron chi connectivity index (χ1n) is 7.40. The van der Waals surface area contributed by atoms with Crippen molar-refractivity contribution in [1.82, 2.24) is 15.3 Å². The second kappa shape index (κ2) is 5.22. The minimum atomic E-state index is 0.195. The first kappa shape index (κ1) is 14.2. The number of H-pyrrole nitrogens is 1. The fraction of sp³-hybridized carbons (Fsp3) is 0.562. The van der Waals surface area contributed by atoms with Crippen LogP contribution in [0.25, 0.3) is 11.0 Å². The van der Waals surface area contributed by atoms with Gasteiger partial charge in [0.15, 0.2) is 11.5 Å². The van der Waals surface area contributed by atoms with Gasteiger partial charge in [-0.25, -0.2) is 4.98 Å². The fourth-order valence-electron chi connectivity index (χ4n) is 3.17. The van der Waals surface area contributed by atoms with Crippen LogP contribution in [0.1, 0.15) is 38.6 Å². The van der Waals surface area contributed by atoms with Crippen molar-refractivity contribution in [3.05, 3.63) is 18.0 Å². The van der Waals surface area contributed by atoms with E-state index in [0.29, 0.717) is 5.75 Å². The van der Waals surface area contributed by atoms with Gasteiger partial charge in [-0.3, -0.25) is 0 Å². The van der Waals surface area contributed by atoms with Crippen molar-refractivity contribution in [1.29, 1.82) is 0 Å². The van der Waals surface area contributed by atoms with Crippen LogP contribution in [0.3, 0.4) is 0 Å². The Balaban J connectivity index is 2.04. The van der Waals surface area contributed by atoms with Crippen LogP contribution >= 0.6 is 0 Å². The molecule has 1 unspecified atom stereocenters. The highest BCUT2D eigenvalue weighted by Crippen LogP contribution is 2.40. The summed E-state index contributed by atoms with van der Waals surface area (Å²) in [4.78, 5) is 8.20. The highest BCUT2D eigenvalue weighted by molar-refractivity contribution is 5.79. The summed E-state index contributed by atoms with van der Waals surface area (Å²) >= 11 is 0. The molecule has 1 aliphatic heterocycles. The average Bonchev–Trinajstić information content (AvgIpc) is 2.87. The van der Waals surface area contributed by atoms with Crippen LogP contribution in [0.4, 0.5) is 0 Å². The number of fused-ring (bicyclic) bond motifs is 1. The normalized spacial score (nSPS) is 21.4. The third kappa shape index (κ3) is 2.46. The van der Waals surface area contributed by atoms with Gasteiger partial charge in [-0.05, 0) is 24.8 Å². The van der Waals surface area contributed by atoms with E-state index in [0.717, 1.165) is 29.2 Å². The van der Waals surface area contributed by atoms with Crippen LogP contribution in [-0.4, -0.2) is 30.7 Å². The summed E-state index contributed by atoms with van der Waals surface area (Å²) in [5, 5.41) is 3.59. The van der Waals surface area contributed by atoms with Gasteiger partial charge in [0.05, 0.1) is 31.3 Å². The number of imidazole rings is 1. The lowest BCUT2D eigenvalue weighted by atomic mass is 9.77. The molecule has 21 heavy (non-hydrogen) atoms. The largest absolute Gasteiger partial charge is 0.493 e. The van der Waals surface area contributed by atoms with Crippen molar-refractivity contribution in [3.8, 4) is 11.5 Å². The van der Waals surface area contributed by atoms with E-state index in [9.17, 15) is 0 Å². The van der Waals surface area contributed by atoms with E-state index in [1.807, 2.05) is 12.1 Å². The van der Waals surface area contributed by atoms with Crippen molar-refractivity contribution in [2.75, 3.05) is 20.8 Å². The fourth-order valence-corrected chi connectivity index (χ4v) is 3.17. The van der Waals surface area contributed by atoms with E-state index >= 15 is 0 Å². The molecular formula is C16H23N3O2. The molecule has 1 fully saturated rings. The summed E-state index contributed by atoms with van der Waals surface area (Å²) in [6, 6.07) is 4.11. The topological polar surface area (TPSA) is 59.2 Å². The molecule has 3 rings (SSSR count). The summed E-state index contributed by atoms with van der Waals surface area (Å²) < 4.78 is 10.7. The predicted molar refractivity (Wildman–Crippen MR) is 83.0 cm³/mol. The van der Waals surface area contributed by atoms with Gasteiger partial charge in [-0.2, -0.15) is 0 Å². The van der Waals surface area contributed by atoms with Gasteiger partial charge in [0, 0.05) is 12.1 Å². The molecule has 0 amide bonds. The van der Waals surface area contributed by atoms with E-state index < -0.39 is 0 Å². The van der Waals surface area contributed by atoms with E-state index in [1.165, 1.54) is 12.8 Å². The minimum absolute atomic E-state index is 0.195. The lowest BCUT2D eigenvalue weighted by molar-refractivity contribution is 0.175. The molecule has 2 heterocycles. The van der Waals surface area contributed by atoms with E-state index in [4.69, 9.17) is 14.5 Å². The summed E-state index contributed by atoms with van der Waals surface area (Å²) in [6.45, 7) is 5.62. The number of hydrogen-bond acceptors (Lipinski definition) is 4. The molecule has 0 bridgehead atoms. The number of piperidine rings is 1. The molecule has 1 atom stereocenters. The molecule has 114 valence electrons. The van der Waals surface area contributed by atoms with Gasteiger partial charge in [0.1, 0.15) is 5.82 Å². The second-order valence-electron chi connectivity index (χ2n) is 6.33. The van der Waals surface area contributed by atoms with Gasteiger partial charge in [0.25, 0.3) is 0 Å². The number of aromatic amines is 1. The Labute approximate surface area is 125 Å². The third-order valence-corrected chi connectivity index (χ3v) is 4.41. The van der Waals surface area contributed by atoms with Crippen molar-refractivity contribution < 1.29 is 9.47 Å². The van der Waals surface area contributed by atoms with E-state index in [2.05, 4.69) is 24.1 Å². The molecule has 1 aromatic carbocycles. The lowest BCUT2D eigenvalue weighted by Gasteiger charge is -2.38. The van der Waals surface area contributed by atoms with E-state index in [-0.39, 0.29) is 11.5 Å². The maximum absolute atomic E-state index is 5.35. The first-order chi connectivity index (χ1) is 10.0. The monoisotopic (exact) mass is 289 g/mol. The van der Waals surface area contributed by atoms with Crippen molar-refractivity contribution >= 4 is 11.0 Å². The zero-order valence-corrected chi connectivity index (χ0v) is 13.1. The standard InChI is InChI=1S/C16H23N3O2/c1-16(2)6-5-7-17-14(16)15-18-10-8-12(20-3)13(21-4)9-11(10)19-15/h8-9,14,17H,5-7H2,1-4H3,(H,18,19). The van der Waals surface area contributed by atoms with Gasteiger partial charge >= 0.3 is 0 Å². The SMILES string of the molecule is COc1cc2nc(C3NCCCC3(C)C)[nH]c2cc1OC. The Kier molecular flexibility index (Phi) is 3.53. The number of hydrogen-bond donors (Lipinski definition) is 2. The van der Waals surface area contributed by atoms with Gasteiger partial charge in [0.2, 0.25) is 0 Å². The van der Waals surface area contributed by atoms with Crippen LogP contribution in [0.15, 0.2) is 12.1 Å². The molecule has 2 aromatic rings. The Morgan fingerprint density at radius 1 is 1.19 bits per heavy atom. The Hall–Kier alpha value is -1.75. The van der Waals surface area contributed by atoms with Crippen molar-refractivity contribution in [2.45, 2.75) is 32.7 Å². The zero-order chi connectivity index (χ0) is 15.0. The number of rotatable bonds is 3. The quantitative estimate of drug-likeness (QED) is 0.912. The number of methoxy groups -OCH3 is 2. The van der Waals surface area contributed by atoms with Gasteiger partial charge in [-0.1, -0.05) is 13.8 Å². The summed E-state index contributed by atoms with van der Waals surface area (Å²) in [5.41, 5.74) is 2.08. The number of nitrogens with one attached hydrogen (secondary N) is 2. The van der Waals surface area contributed by atoms with Crippen molar-refractivity contribution in [3.63, 3.8) is 0 Å². The zero-order valence-electron chi connectivity index (χ0n) is 13.1. The molecule has 1 aromatic heterocycles. The van der Waals surface area contributed by atoms with Crippen LogP contribution in [0.2, 0.25) is 0 Å². The van der Waals surface area contributed by atoms with Crippen LogP contribution in [0.5, 0.6) is 11.5 Å². The summed E-state index contributed by atoms with van der Waals surface area (Å²) in [6.07, 6.45) is 2.42. The molecule has 5 nitrogen and oxygen atoms in total. The maximum atomic E-state index is 5.35. The first-order valence-corrected chi connectivity index (χ1v) is 7.40. The number of benzene rings is 1. The Morgan fingerprint density at radius 2 is 1.90 bits per heavy atom. The Bertz CT molecular complexity index is 607. The number of ether oxygens (including phenoxy) is 2. The summed E-state index contributed by atoms with van der Waals surface area (Å²) in [7, 11) is 3.29. The van der Waals surface area contributed by atoms with Gasteiger partial charge in [-0.15, -0.1) is 0 Å². The number of nitrogens with zero attached hydrogens (tertiary/aromatic N) is 1. The van der Waals surface area contributed by atoms with Crippen LogP contribution in [-0.2, 0) is 0 Å². The lowest BCUT2D eigenvalue weighted by Crippen LogP contribution is -2.40. The molecule has 1 aliphatic rings.